The van der Waals surface area contributed by atoms with E-state index in [9.17, 15) is 9.66 Å². The SMILES string of the molecule is CC(C)[C@H](CO)Nc1nc(N2CCC(C3=C[C@@H](I)C(Cl)C=C3)CC2)nc2c1[S+]([O-])CC2. The zero-order valence-electron chi connectivity index (χ0n) is 17.9. The van der Waals surface area contributed by atoms with Gasteiger partial charge in [-0.2, -0.15) is 4.98 Å². The molecule has 1 fully saturated rings. The first-order chi connectivity index (χ1) is 14.9. The van der Waals surface area contributed by atoms with E-state index in [2.05, 4.69) is 64.9 Å². The summed E-state index contributed by atoms with van der Waals surface area (Å²) in [5.74, 6) is 2.70. The standard InChI is InChI=1S/C22H30ClIN4O2S/c1-13(2)19(12-29)25-21-20-18(7-10-31(20)30)26-22(27-21)28-8-5-14(6-9-28)15-3-4-16(23)17(24)11-15/h3-4,11,13-14,16-17,19,29H,5-10,12H2,1-2H3,(H,25,26,27)/t16?,17-,19+,31?/m1/s1. The number of alkyl halides is 2. The summed E-state index contributed by atoms with van der Waals surface area (Å²) in [6.45, 7) is 5.90. The minimum Gasteiger partial charge on any atom is -0.611 e. The van der Waals surface area contributed by atoms with Crippen LogP contribution >= 0.6 is 34.2 Å². The Bertz CT molecular complexity index is 860. The molecule has 0 bridgehead atoms. The number of rotatable bonds is 6. The fourth-order valence-electron chi connectivity index (χ4n) is 4.35. The van der Waals surface area contributed by atoms with Gasteiger partial charge in [-0.1, -0.05) is 54.7 Å². The zero-order chi connectivity index (χ0) is 22.1. The molecule has 3 aliphatic rings. The summed E-state index contributed by atoms with van der Waals surface area (Å²) in [5.41, 5.74) is 2.28. The van der Waals surface area contributed by atoms with Crippen LogP contribution in [0.2, 0.25) is 0 Å². The molecular formula is C22H30ClIN4O2S. The van der Waals surface area contributed by atoms with Crippen molar-refractivity contribution < 1.29 is 9.66 Å². The van der Waals surface area contributed by atoms with E-state index in [0.717, 1.165) is 36.5 Å². The first-order valence-electron chi connectivity index (χ1n) is 11.0. The van der Waals surface area contributed by atoms with Crippen LogP contribution in [-0.2, 0) is 17.6 Å². The number of nitrogens with zero attached hydrogens (tertiary/aromatic N) is 3. The number of allylic oxidation sites excluding steroid dienone is 4. The van der Waals surface area contributed by atoms with Gasteiger partial charge in [0.2, 0.25) is 10.8 Å². The Hall–Kier alpha value is -0.550. The van der Waals surface area contributed by atoms with Crippen molar-refractivity contribution in [2.45, 2.75) is 53.3 Å². The maximum atomic E-state index is 12.6. The van der Waals surface area contributed by atoms with Crippen LogP contribution in [0.3, 0.4) is 0 Å². The largest absolute Gasteiger partial charge is 0.611 e. The third-order valence-electron chi connectivity index (χ3n) is 6.38. The Morgan fingerprint density at radius 1 is 1.35 bits per heavy atom. The van der Waals surface area contributed by atoms with Crippen molar-refractivity contribution in [2.75, 3.05) is 35.7 Å². The molecule has 2 aliphatic heterocycles. The van der Waals surface area contributed by atoms with Crippen molar-refractivity contribution >= 4 is 57.1 Å². The highest BCUT2D eigenvalue weighted by molar-refractivity contribution is 14.1. The van der Waals surface area contributed by atoms with Gasteiger partial charge in [-0.25, -0.2) is 4.98 Å². The molecule has 4 rings (SSSR count). The van der Waals surface area contributed by atoms with Crippen LogP contribution in [-0.4, -0.2) is 60.4 Å². The molecule has 1 aliphatic carbocycles. The zero-order valence-corrected chi connectivity index (χ0v) is 21.7. The number of nitrogens with one attached hydrogen (secondary N) is 1. The summed E-state index contributed by atoms with van der Waals surface area (Å²) < 4.78 is 12.9. The number of aromatic nitrogens is 2. The van der Waals surface area contributed by atoms with Crippen molar-refractivity contribution in [1.82, 2.24) is 9.97 Å². The highest BCUT2D eigenvalue weighted by atomic mass is 127. The molecule has 9 heteroatoms. The van der Waals surface area contributed by atoms with E-state index in [1.54, 1.807) is 0 Å². The summed E-state index contributed by atoms with van der Waals surface area (Å²) in [7, 11) is 0. The number of aryl methyl sites for hydroxylation is 1. The molecule has 6 nitrogen and oxygen atoms in total. The van der Waals surface area contributed by atoms with Crippen molar-refractivity contribution in [3.8, 4) is 0 Å². The summed E-state index contributed by atoms with van der Waals surface area (Å²) in [4.78, 5) is 12.6. The number of hydrogen-bond donors (Lipinski definition) is 2. The Morgan fingerprint density at radius 2 is 2.10 bits per heavy atom. The van der Waals surface area contributed by atoms with E-state index in [4.69, 9.17) is 21.6 Å². The first-order valence-corrected chi connectivity index (χ1v) is 14.0. The van der Waals surface area contributed by atoms with Gasteiger partial charge in [0.25, 0.3) is 0 Å². The van der Waals surface area contributed by atoms with E-state index in [0.29, 0.717) is 33.8 Å². The van der Waals surface area contributed by atoms with Gasteiger partial charge in [0.1, 0.15) is 11.4 Å². The second-order valence-electron chi connectivity index (χ2n) is 8.80. The van der Waals surface area contributed by atoms with Gasteiger partial charge in [-0.3, -0.25) is 0 Å². The van der Waals surface area contributed by atoms with E-state index < -0.39 is 11.2 Å². The molecule has 0 spiro atoms. The molecule has 1 aromatic rings. The fourth-order valence-corrected chi connectivity index (χ4v) is 6.46. The quantitative estimate of drug-likeness (QED) is 0.305. The third kappa shape index (κ3) is 5.18. The predicted molar refractivity (Wildman–Crippen MR) is 136 cm³/mol. The van der Waals surface area contributed by atoms with Crippen LogP contribution in [0.15, 0.2) is 28.7 Å². The van der Waals surface area contributed by atoms with Crippen LogP contribution in [0, 0.1) is 11.8 Å². The molecule has 0 aromatic carbocycles. The lowest BCUT2D eigenvalue weighted by molar-refractivity contribution is 0.248. The van der Waals surface area contributed by atoms with Crippen molar-refractivity contribution in [3.63, 3.8) is 0 Å². The maximum absolute atomic E-state index is 12.6. The maximum Gasteiger partial charge on any atom is 0.227 e. The molecule has 1 saturated heterocycles. The highest BCUT2D eigenvalue weighted by Crippen LogP contribution is 2.36. The van der Waals surface area contributed by atoms with Gasteiger partial charge in [-0.15, -0.1) is 11.6 Å². The Morgan fingerprint density at radius 3 is 2.74 bits per heavy atom. The van der Waals surface area contributed by atoms with Crippen molar-refractivity contribution in [1.29, 1.82) is 0 Å². The van der Waals surface area contributed by atoms with Gasteiger partial charge in [0.05, 0.1) is 18.0 Å². The molecule has 0 radical (unpaired) electrons. The second kappa shape index (κ2) is 10.2. The predicted octanol–water partition coefficient (Wildman–Crippen LogP) is 3.69. The third-order valence-corrected chi connectivity index (χ3v) is 9.81. The first kappa shape index (κ1) is 23.6. The Labute approximate surface area is 206 Å². The van der Waals surface area contributed by atoms with Crippen LogP contribution in [0.1, 0.15) is 32.4 Å². The average molecular weight is 577 g/mol. The van der Waals surface area contributed by atoms with Crippen molar-refractivity contribution in [2.24, 2.45) is 11.8 Å². The minimum atomic E-state index is -1.08. The fraction of sp³-hybridized carbons (Fsp3) is 0.636. The molecule has 2 unspecified atom stereocenters. The smallest absolute Gasteiger partial charge is 0.227 e. The number of piperidine rings is 1. The van der Waals surface area contributed by atoms with E-state index in [1.807, 2.05) is 0 Å². The van der Waals surface area contributed by atoms with Crippen LogP contribution in [0.5, 0.6) is 0 Å². The molecule has 3 heterocycles. The summed E-state index contributed by atoms with van der Waals surface area (Å²) in [6, 6.07) is -0.132. The number of hydrogen-bond acceptors (Lipinski definition) is 6. The Kier molecular flexibility index (Phi) is 7.73. The topological polar surface area (TPSA) is 84.3 Å². The molecular weight excluding hydrogens is 547 g/mol. The number of anilines is 2. The van der Waals surface area contributed by atoms with Crippen LogP contribution in [0.4, 0.5) is 11.8 Å². The lowest BCUT2D eigenvalue weighted by atomic mass is 9.86. The van der Waals surface area contributed by atoms with Crippen molar-refractivity contribution in [3.05, 3.63) is 29.5 Å². The molecule has 170 valence electrons. The normalized spacial score (nSPS) is 27.4. The van der Waals surface area contributed by atoms with Gasteiger partial charge < -0.3 is 19.9 Å². The molecule has 0 saturated carbocycles. The second-order valence-corrected chi connectivity index (χ2v) is 12.3. The lowest BCUT2D eigenvalue weighted by Crippen LogP contribution is -2.36. The van der Waals surface area contributed by atoms with E-state index in [1.165, 1.54) is 5.57 Å². The monoisotopic (exact) mass is 576 g/mol. The molecule has 2 N–H and O–H groups in total. The van der Waals surface area contributed by atoms with Gasteiger partial charge in [0, 0.05) is 23.4 Å². The summed E-state index contributed by atoms with van der Waals surface area (Å²) >= 11 is 7.63. The lowest BCUT2D eigenvalue weighted by Gasteiger charge is -2.34. The van der Waals surface area contributed by atoms with Gasteiger partial charge >= 0.3 is 0 Å². The molecule has 0 amide bonds. The number of fused-ring (bicyclic) bond motifs is 1. The number of aliphatic hydroxyl groups is 1. The summed E-state index contributed by atoms with van der Waals surface area (Å²) in [6.07, 6.45) is 9.41. The molecule has 1 aromatic heterocycles. The van der Waals surface area contributed by atoms with Gasteiger partial charge in [-0.05, 0) is 41.4 Å². The van der Waals surface area contributed by atoms with Crippen LogP contribution < -0.4 is 10.2 Å². The highest BCUT2D eigenvalue weighted by Gasteiger charge is 2.34. The Balaban J connectivity index is 1.51. The summed E-state index contributed by atoms with van der Waals surface area (Å²) in [5, 5.41) is 13.2. The average Bonchev–Trinajstić information content (AvgIpc) is 3.14. The van der Waals surface area contributed by atoms with E-state index in [-0.39, 0.29) is 23.9 Å². The number of halogens is 2. The molecule has 31 heavy (non-hydrogen) atoms. The van der Waals surface area contributed by atoms with Gasteiger partial charge in [0.15, 0.2) is 5.82 Å². The minimum absolute atomic E-state index is 0.00734. The van der Waals surface area contributed by atoms with Crippen LogP contribution in [0.25, 0.3) is 0 Å². The van der Waals surface area contributed by atoms with E-state index >= 15 is 0 Å². The number of aliphatic hydroxyl groups excluding tert-OH is 1. The molecule has 4 atom stereocenters.